The average Bonchev–Trinajstić information content (AvgIpc) is 3.17. The van der Waals surface area contributed by atoms with Crippen molar-refractivity contribution in [2.24, 2.45) is 5.73 Å². The summed E-state index contributed by atoms with van der Waals surface area (Å²) in [7, 11) is -5.44. The second-order valence-corrected chi connectivity index (χ2v) is 10.7. The number of amides is 1. The minimum Gasteiger partial charge on any atom is -0.477 e. The number of nitrogens with zero attached hydrogens (tertiary/aromatic N) is 2. The lowest BCUT2D eigenvalue weighted by Gasteiger charge is -2.45. The Morgan fingerprint density at radius 3 is 2.56 bits per heavy atom. The number of phosphoric ester groups is 1. The Kier molecular flexibility index (Phi) is 10.6. The first-order chi connectivity index (χ1) is 19.1. The molecule has 0 aliphatic carbocycles. The van der Waals surface area contributed by atoms with E-state index in [0.717, 1.165) is 10.8 Å². The standard InChI is InChI=1S/C20H32N5O15P/c21-5-13(29)24-14-9(28)4-20(18(32)33,39-10(14)3-8(27)6-26)40-41(35,36)37-7-11-15(30)16(31)17(38-11)25-2-1-12(22)23-19(25)34/h1-2,8-11,14-17,26-28,30-31H,3-7,21H2,(H,24,29)(H,32,33)(H,35,36)(H2,22,23,34)/t8-,9+,10?,11?,14?,15?,16?,17?,20+/m0/s1. The molecule has 21 heteroatoms. The summed E-state index contributed by atoms with van der Waals surface area (Å²) in [6.07, 6.45) is -11.9. The van der Waals surface area contributed by atoms with Crippen LogP contribution in [0.5, 0.6) is 0 Å². The second kappa shape index (κ2) is 13.2. The number of carbonyl (C=O) groups is 2. The van der Waals surface area contributed by atoms with Crippen molar-refractivity contribution in [1.29, 1.82) is 0 Å². The summed E-state index contributed by atoms with van der Waals surface area (Å²) in [6, 6.07) is -0.152. The lowest BCUT2D eigenvalue weighted by Crippen LogP contribution is -2.64. The highest BCUT2D eigenvalue weighted by atomic mass is 31.2. The third kappa shape index (κ3) is 7.63. The highest BCUT2D eigenvalue weighted by molar-refractivity contribution is 7.47. The maximum absolute atomic E-state index is 12.8. The molecule has 2 saturated heterocycles. The number of nitrogens with two attached hydrogens (primary N) is 2. The second-order valence-electron chi connectivity index (χ2n) is 9.30. The van der Waals surface area contributed by atoms with Crippen molar-refractivity contribution in [1.82, 2.24) is 14.9 Å². The quantitative estimate of drug-likeness (QED) is 0.0983. The molecule has 2 aliphatic heterocycles. The van der Waals surface area contributed by atoms with Crippen molar-refractivity contribution in [3.05, 3.63) is 22.7 Å². The molecule has 3 heterocycles. The number of ether oxygens (including phenoxy) is 2. The molecule has 0 bridgehead atoms. The highest BCUT2D eigenvalue weighted by Gasteiger charge is 2.57. The van der Waals surface area contributed by atoms with Gasteiger partial charge in [0.1, 0.15) is 24.1 Å². The fraction of sp³-hybridized carbons (Fsp3) is 0.700. The van der Waals surface area contributed by atoms with E-state index in [4.69, 9.17) is 30.0 Å². The molecule has 1 amide bonds. The molecule has 0 aromatic carbocycles. The van der Waals surface area contributed by atoms with Gasteiger partial charge in [0.15, 0.2) is 6.23 Å². The number of aliphatic carboxylic acids is 1. The van der Waals surface area contributed by atoms with E-state index in [9.17, 15) is 54.5 Å². The largest absolute Gasteiger partial charge is 0.477 e. The first-order valence-electron chi connectivity index (χ1n) is 12.0. The van der Waals surface area contributed by atoms with E-state index in [1.54, 1.807) is 0 Å². The Balaban J connectivity index is 1.76. The van der Waals surface area contributed by atoms with Gasteiger partial charge in [-0.2, -0.15) is 4.98 Å². The smallest absolute Gasteiger partial charge is 0.475 e. The summed E-state index contributed by atoms with van der Waals surface area (Å²) in [5.41, 5.74) is 9.74. The van der Waals surface area contributed by atoms with E-state index in [1.165, 1.54) is 6.07 Å². The van der Waals surface area contributed by atoms with Crippen molar-refractivity contribution in [2.75, 3.05) is 25.5 Å². The predicted molar refractivity (Wildman–Crippen MR) is 130 cm³/mol. The zero-order valence-corrected chi connectivity index (χ0v) is 22.1. The normalized spacial score (nSPS) is 34.1. The number of aromatic nitrogens is 2. The van der Waals surface area contributed by atoms with Crippen molar-refractivity contribution in [3.8, 4) is 0 Å². The maximum atomic E-state index is 12.8. The van der Waals surface area contributed by atoms with Gasteiger partial charge in [-0.05, 0) is 6.07 Å². The van der Waals surface area contributed by atoms with Crippen LogP contribution in [-0.2, 0) is 32.7 Å². The van der Waals surface area contributed by atoms with Crippen LogP contribution >= 0.6 is 7.82 Å². The molecule has 0 saturated carbocycles. The fourth-order valence-electron chi connectivity index (χ4n) is 4.32. The molecule has 2 aliphatic rings. The van der Waals surface area contributed by atoms with Gasteiger partial charge in [0.2, 0.25) is 5.91 Å². The molecule has 2 fully saturated rings. The number of phosphoric acid groups is 1. The Morgan fingerprint density at radius 2 is 1.98 bits per heavy atom. The Bertz CT molecular complexity index is 1200. The van der Waals surface area contributed by atoms with E-state index in [0.29, 0.717) is 0 Å². The van der Waals surface area contributed by atoms with Crippen LogP contribution in [0.2, 0.25) is 0 Å². The number of nitrogens with one attached hydrogen (secondary N) is 1. The van der Waals surface area contributed by atoms with Crippen LogP contribution in [0.1, 0.15) is 19.1 Å². The van der Waals surface area contributed by atoms with E-state index in [2.05, 4.69) is 10.3 Å². The van der Waals surface area contributed by atoms with E-state index < -0.39 is 113 Å². The molecular formula is C20H32N5O15P. The number of anilines is 1. The number of aliphatic hydroxyl groups excluding tert-OH is 5. The first-order valence-corrected chi connectivity index (χ1v) is 13.5. The van der Waals surface area contributed by atoms with Crippen LogP contribution in [-0.4, -0.2) is 125 Å². The van der Waals surface area contributed by atoms with Crippen LogP contribution in [0.3, 0.4) is 0 Å². The monoisotopic (exact) mass is 613 g/mol. The number of carboxylic acids is 1. The van der Waals surface area contributed by atoms with Crippen LogP contribution in [0, 0.1) is 0 Å². The minimum atomic E-state index is -5.44. The molecule has 0 radical (unpaired) electrons. The number of carbonyl (C=O) groups excluding carboxylic acids is 1. The third-order valence-electron chi connectivity index (χ3n) is 6.32. The van der Waals surface area contributed by atoms with Crippen LogP contribution < -0.4 is 22.5 Å². The highest BCUT2D eigenvalue weighted by Crippen LogP contribution is 2.51. The molecule has 1 aromatic heterocycles. The van der Waals surface area contributed by atoms with Gasteiger partial charge in [-0.1, -0.05) is 0 Å². The molecule has 10 atom stereocenters. The number of hydrogen-bond donors (Lipinski definition) is 10. The molecule has 41 heavy (non-hydrogen) atoms. The molecule has 7 unspecified atom stereocenters. The van der Waals surface area contributed by atoms with Gasteiger partial charge in [0.25, 0.3) is 5.79 Å². The van der Waals surface area contributed by atoms with Gasteiger partial charge in [-0.3, -0.25) is 13.9 Å². The summed E-state index contributed by atoms with van der Waals surface area (Å²) in [4.78, 5) is 49.9. The predicted octanol–water partition coefficient (Wildman–Crippen LogP) is -5.30. The number of hydrogen-bond acceptors (Lipinski definition) is 16. The Labute approximate surface area is 230 Å². The molecule has 3 rings (SSSR count). The molecule has 0 spiro atoms. The summed E-state index contributed by atoms with van der Waals surface area (Å²) in [6.45, 7) is -2.31. The lowest BCUT2D eigenvalue weighted by molar-refractivity contribution is -0.273. The minimum absolute atomic E-state index is 0.124. The van der Waals surface area contributed by atoms with Gasteiger partial charge >= 0.3 is 19.5 Å². The summed E-state index contributed by atoms with van der Waals surface area (Å²) < 4.78 is 34.0. The van der Waals surface area contributed by atoms with Crippen molar-refractivity contribution in [2.45, 2.75) is 67.5 Å². The topological polar surface area (TPSA) is 329 Å². The third-order valence-corrected chi connectivity index (χ3v) is 7.32. The zero-order chi connectivity index (χ0) is 30.7. The number of nitrogen functional groups attached to an aromatic ring is 1. The lowest BCUT2D eigenvalue weighted by atomic mass is 9.90. The Hall–Kier alpha value is -2.59. The van der Waals surface area contributed by atoms with Crippen LogP contribution in [0.25, 0.3) is 0 Å². The number of aliphatic hydroxyl groups is 5. The van der Waals surface area contributed by atoms with E-state index >= 15 is 0 Å². The summed E-state index contributed by atoms with van der Waals surface area (Å²) >= 11 is 0. The van der Waals surface area contributed by atoms with Gasteiger partial charge in [-0.15, -0.1) is 0 Å². The van der Waals surface area contributed by atoms with Gasteiger partial charge in [-0.25, -0.2) is 18.7 Å². The van der Waals surface area contributed by atoms with Gasteiger partial charge in [0, 0.05) is 19.0 Å². The van der Waals surface area contributed by atoms with Crippen LogP contribution in [0.4, 0.5) is 5.82 Å². The van der Waals surface area contributed by atoms with E-state index in [1.807, 2.05) is 0 Å². The van der Waals surface area contributed by atoms with E-state index in [-0.39, 0.29) is 5.82 Å². The van der Waals surface area contributed by atoms with Gasteiger partial charge in [0.05, 0.1) is 44.1 Å². The molecular weight excluding hydrogens is 581 g/mol. The maximum Gasteiger partial charge on any atom is 0.475 e. The number of carboxylic acid groups (broad SMARTS) is 1. The molecule has 232 valence electrons. The van der Waals surface area contributed by atoms with Crippen LogP contribution in [0.15, 0.2) is 17.1 Å². The van der Waals surface area contributed by atoms with Gasteiger partial charge < -0.3 is 61.8 Å². The Morgan fingerprint density at radius 1 is 1.29 bits per heavy atom. The summed E-state index contributed by atoms with van der Waals surface area (Å²) in [5.74, 6) is -5.97. The van der Waals surface area contributed by atoms with Crippen molar-refractivity contribution < 1.29 is 68.2 Å². The van der Waals surface area contributed by atoms with Crippen molar-refractivity contribution in [3.63, 3.8) is 0 Å². The number of rotatable bonds is 12. The SMILES string of the molecule is NCC(=O)NC1C(C[C@H](O)CO)O[C@](OP(=O)(O)OCC2OC(n3ccc(N)nc3=O)C(O)C2O)(C(=O)O)C[C@H]1O. The average molecular weight is 613 g/mol. The van der Waals surface area contributed by atoms with Crippen molar-refractivity contribution >= 4 is 25.5 Å². The molecule has 20 nitrogen and oxygen atoms in total. The first kappa shape index (κ1) is 32.9. The fourth-order valence-corrected chi connectivity index (χ4v) is 5.28. The molecule has 12 N–H and O–H groups in total. The molecule has 1 aromatic rings. The summed E-state index contributed by atoms with van der Waals surface area (Å²) in [5, 5.41) is 62.5. The zero-order valence-electron chi connectivity index (χ0n) is 21.2.